The predicted molar refractivity (Wildman–Crippen MR) is 63.1 cm³/mol. The number of aliphatic carboxylic acids is 1. The molecular weight excluding hydrogens is 241 g/mol. The van der Waals surface area contributed by atoms with Gasteiger partial charge >= 0.3 is 5.97 Å². The van der Waals surface area contributed by atoms with Crippen molar-refractivity contribution in [3.05, 3.63) is 29.1 Å². The van der Waals surface area contributed by atoms with Crippen LogP contribution in [0.2, 0.25) is 0 Å². The molecule has 5 nitrogen and oxygen atoms in total. The molecule has 1 atom stereocenters. The predicted octanol–water partition coefficient (Wildman–Crippen LogP) is 1.11. The molecule has 0 saturated carbocycles. The molecule has 1 rings (SSSR count). The topological polar surface area (TPSA) is 81.8 Å². The molecule has 0 aromatic heterocycles. The van der Waals surface area contributed by atoms with Gasteiger partial charge in [0.15, 0.2) is 11.6 Å². The number of rotatable bonds is 6. The van der Waals surface area contributed by atoms with Crippen molar-refractivity contribution in [3.8, 4) is 5.75 Å². The van der Waals surface area contributed by atoms with Crippen LogP contribution >= 0.6 is 0 Å². The number of carboxylic acids is 1. The molecule has 1 aromatic rings. The van der Waals surface area contributed by atoms with Crippen molar-refractivity contribution in [2.24, 2.45) is 5.73 Å². The Bertz CT molecular complexity index is 436. The summed E-state index contributed by atoms with van der Waals surface area (Å²) in [5.41, 5.74) is 5.92. The van der Waals surface area contributed by atoms with Gasteiger partial charge < -0.3 is 20.3 Å². The average molecular weight is 257 g/mol. The molecule has 0 aliphatic rings. The second-order valence-electron chi connectivity index (χ2n) is 3.72. The molecule has 1 aromatic carbocycles. The zero-order chi connectivity index (χ0) is 13.7. The van der Waals surface area contributed by atoms with Crippen molar-refractivity contribution >= 4 is 5.97 Å². The third-order valence-corrected chi connectivity index (χ3v) is 2.62. The lowest BCUT2D eigenvalue weighted by Crippen LogP contribution is -2.22. The van der Waals surface area contributed by atoms with Crippen LogP contribution in [-0.2, 0) is 16.1 Å². The lowest BCUT2D eigenvalue weighted by Gasteiger charge is -2.16. The molecule has 0 aliphatic heterocycles. The highest BCUT2D eigenvalue weighted by atomic mass is 19.1. The van der Waals surface area contributed by atoms with Crippen molar-refractivity contribution in [2.45, 2.75) is 12.5 Å². The van der Waals surface area contributed by atoms with E-state index in [4.69, 9.17) is 20.3 Å². The Morgan fingerprint density at radius 1 is 1.50 bits per heavy atom. The lowest BCUT2D eigenvalue weighted by atomic mass is 9.96. The van der Waals surface area contributed by atoms with Crippen LogP contribution in [0.25, 0.3) is 0 Å². The second kappa shape index (κ2) is 6.32. The molecule has 6 heteroatoms. The first-order valence-electron chi connectivity index (χ1n) is 5.33. The van der Waals surface area contributed by atoms with Gasteiger partial charge in [-0.3, -0.25) is 4.79 Å². The summed E-state index contributed by atoms with van der Waals surface area (Å²) in [6.45, 7) is -0.0441. The zero-order valence-electron chi connectivity index (χ0n) is 10.3. The number of carbonyl (C=O) groups is 1. The van der Waals surface area contributed by atoms with E-state index in [9.17, 15) is 9.18 Å². The van der Waals surface area contributed by atoms with E-state index in [1.54, 1.807) is 0 Å². The third-order valence-electron chi connectivity index (χ3n) is 2.62. The first kappa shape index (κ1) is 14.4. The zero-order valence-corrected chi connectivity index (χ0v) is 10.3. The fraction of sp³-hybridized carbons (Fsp3) is 0.417. The molecule has 1 unspecified atom stereocenters. The van der Waals surface area contributed by atoms with Crippen molar-refractivity contribution < 1.29 is 23.8 Å². The molecule has 18 heavy (non-hydrogen) atoms. The van der Waals surface area contributed by atoms with Gasteiger partial charge in [-0.25, -0.2) is 4.39 Å². The van der Waals surface area contributed by atoms with Gasteiger partial charge in [-0.1, -0.05) is 12.1 Å². The smallest absolute Gasteiger partial charge is 0.312 e. The summed E-state index contributed by atoms with van der Waals surface area (Å²) in [7, 11) is 2.73. The van der Waals surface area contributed by atoms with Gasteiger partial charge in [-0.2, -0.15) is 0 Å². The number of halogens is 1. The van der Waals surface area contributed by atoms with Gasteiger partial charge in [0.2, 0.25) is 0 Å². The number of hydrogen-bond acceptors (Lipinski definition) is 4. The van der Waals surface area contributed by atoms with Crippen molar-refractivity contribution in [3.63, 3.8) is 0 Å². The molecule has 0 spiro atoms. The Balaban J connectivity index is 3.29. The maximum absolute atomic E-state index is 14.0. The SMILES string of the molecule is COCc1ccc(C(CN)C(=O)O)c(OC)c1F. The summed E-state index contributed by atoms with van der Waals surface area (Å²) in [5, 5.41) is 9.03. The van der Waals surface area contributed by atoms with E-state index >= 15 is 0 Å². The Labute approximate surface area is 104 Å². The van der Waals surface area contributed by atoms with Gasteiger partial charge in [0.25, 0.3) is 0 Å². The summed E-state index contributed by atoms with van der Waals surface area (Å²) in [5.74, 6) is -2.82. The fourth-order valence-electron chi connectivity index (χ4n) is 1.72. The minimum atomic E-state index is -1.12. The minimum Gasteiger partial charge on any atom is -0.493 e. The fourth-order valence-corrected chi connectivity index (χ4v) is 1.72. The van der Waals surface area contributed by atoms with Crippen LogP contribution in [-0.4, -0.2) is 31.8 Å². The molecule has 100 valence electrons. The quantitative estimate of drug-likeness (QED) is 0.797. The molecule has 0 heterocycles. The molecule has 0 amide bonds. The Hall–Kier alpha value is -1.66. The molecule has 0 radical (unpaired) electrons. The normalized spacial score (nSPS) is 12.2. The number of carboxylic acid groups (broad SMARTS) is 1. The number of methoxy groups -OCH3 is 2. The average Bonchev–Trinajstić information content (AvgIpc) is 2.33. The summed E-state index contributed by atoms with van der Waals surface area (Å²) < 4.78 is 23.8. The number of nitrogens with two attached hydrogens (primary N) is 1. The van der Waals surface area contributed by atoms with E-state index in [1.807, 2.05) is 0 Å². The van der Waals surface area contributed by atoms with Crippen molar-refractivity contribution in [1.82, 2.24) is 0 Å². The van der Waals surface area contributed by atoms with Gasteiger partial charge in [-0.15, -0.1) is 0 Å². The molecule has 0 aliphatic carbocycles. The molecule has 0 fully saturated rings. The second-order valence-corrected chi connectivity index (χ2v) is 3.72. The summed E-state index contributed by atoms with van der Waals surface area (Å²) >= 11 is 0. The van der Waals surface area contributed by atoms with E-state index in [0.29, 0.717) is 5.56 Å². The van der Waals surface area contributed by atoms with Crippen LogP contribution in [0, 0.1) is 5.82 Å². The van der Waals surface area contributed by atoms with Gasteiger partial charge in [0, 0.05) is 24.8 Å². The molecule has 0 bridgehead atoms. The van der Waals surface area contributed by atoms with E-state index in [1.165, 1.54) is 26.4 Å². The maximum Gasteiger partial charge on any atom is 0.312 e. The van der Waals surface area contributed by atoms with Crippen LogP contribution in [0.1, 0.15) is 17.0 Å². The summed E-state index contributed by atoms with van der Waals surface area (Å²) in [6.07, 6.45) is 0. The lowest BCUT2D eigenvalue weighted by molar-refractivity contribution is -0.138. The minimum absolute atomic E-state index is 0.0861. The largest absolute Gasteiger partial charge is 0.493 e. The molecule has 3 N–H and O–H groups in total. The standard InChI is InChI=1S/C12H16FNO4/c1-17-6-7-3-4-8(9(5-14)12(15)16)11(18-2)10(7)13/h3-4,9H,5-6,14H2,1-2H3,(H,15,16). The van der Waals surface area contributed by atoms with Crippen LogP contribution < -0.4 is 10.5 Å². The highest BCUT2D eigenvalue weighted by Gasteiger charge is 2.25. The first-order valence-corrected chi connectivity index (χ1v) is 5.33. The Kier molecular flexibility index (Phi) is 5.06. The van der Waals surface area contributed by atoms with Crippen LogP contribution in [0.5, 0.6) is 5.75 Å². The molecule has 0 saturated heterocycles. The highest BCUT2D eigenvalue weighted by molar-refractivity contribution is 5.77. The summed E-state index contributed by atoms with van der Waals surface area (Å²) in [6, 6.07) is 2.98. The first-order chi connectivity index (χ1) is 8.56. The summed E-state index contributed by atoms with van der Waals surface area (Å²) in [4.78, 5) is 11.0. The van der Waals surface area contributed by atoms with Gasteiger partial charge in [0.1, 0.15) is 0 Å². The number of hydrogen-bond donors (Lipinski definition) is 2. The molecular formula is C12H16FNO4. The van der Waals surface area contributed by atoms with Gasteiger partial charge in [-0.05, 0) is 0 Å². The van der Waals surface area contributed by atoms with E-state index in [2.05, 4.69) is 0 Å². The van der Waals surface area contributed by atoms with Crippen molar-refractivity contribution in [1.29, 1.82) is 0 Å². The highest BCUT2D eigenvalue weighted by Crippen LogP contribution is 2.31. The Morgan fingerprint density at radius 3 is 2.61 bits per heavy atom. The van der Waals surface area contributed by atoms with Crippen LogP contribution in [0.3, 0.4) is 0 Å². The third kappa shape index (κ3) is 2.77. The van der Waals surface area contributed by atoms with E-state index in [-0.39, 0.29) is 24.5 Å². The maximum atomic E-state index is 14.0. The van der Waals surface area contributed by atoms with E-state index < -0.39 is 17.7 Å². The number of ether oxygens (including phenoxy) is 2. The van der Waals surface area contributed by atoms with Crippen LogP contribution in [0.4, 0.5) is 4.39 Å². The van der Waals surface area contributed by atoms with Crippen LogP contribution in [0.15, 0.2) is 12.1 Å². The Morgan fingerprint density at radius 2 is 2.17 bits per heavy atom. The van der Waals surface area contributed by atoms with E-state index in [0.717, 1.165) is 0 Å². The van der Waals surface area contributed by atoms with Gasteiger partial charge in [0.05, 0.1) is 19.6 Å². The number of benzene rings is 1. The van der Waals surface area contributed by atoms with Crippen molar-refractivity contribution in [2.75, 3.05) is 20.8 Å². The monoisotopic (exact) mass is 257 g/mol.